The number of aliphatic hydroxyl groups is 1. The highest BCUT2D eigenvalue weighted by Gasteiger charge is 2.36. The van der Waals surface area contributed by atoms with Crippen molar-refractivity contribution in [3.8, 4) is 12.1 Å². The van der Waals surface area contributed by atoms with E-state index in [0.717, 1.165) is 25.3 Å². The Bertz CT molecular complexity index is 1270. The van der Waals surface area contributed by atoms with Crippen LogP contribution in [0.4, 0.5) is 23.2 Å². The summed E-state index contributed by atoms with van der Waals surface area (Å²) in [6.07, 6.45) is -2.67. The minimum absolute atomic E-state index is 0.122. The number of pyridine rings is 1. The third kappa shape index (κ3) is 4.32. The Morgan fingerprint density at radius 1 is 1.26 bits per heavy atom. The number of nitrogens with one attached hydrogen (secondary N) is 1. The lowest BCUT2D eigenvalue weighted by Gasteiger charge is -2.23. The van der Waals surface area contributed by atoms with Crippen molar-refractivity contribution in [2.45, 2.75) is 25.2 Å². The summed E-state index contributed by atoms with van der Waals surface area (Å²) in [6.45, 7) is 0.754. The number of halogens is 4. The smallest absolute Gasteiger partial charge is 0.378 e. The molecule has 0 aliphatic carbocycles. The summed E-state index contributed by atoms with van der Waals surface area (Å²) >= 11 is 0. The number of aromatic nitrogens is 2. The van der Waals surface area contributed by atoms with E-state index in [1.54, 1.807) is 0 Å². The molecule has 1 aromatic carbocycles. The number of hydrogen-bond acceptors (Lipinski definition) is 5. The van der Waals surface area contributed by atoms with Gasteiger partial charge in [0.15, 0.2) is 11.3 Å². The minimum Gasteiger partial charge on any atom is -0.378 e. The fraction of sp³-hybridized carbons (Fsp3) is 0.200. The van der Waals surface area contributed by atoms with Gasteiger partial charge >= 0.3 is 6.18 Å². The van der Waals surface area contributed by atoms with Crippen LogP contribution in [0, 0.1) is 28.5 Å². The molecule has 2 aromatic heterocycles. The average Bonchev–Trinajstić information content (AvgIpc) is 3.03. The molecular formula is C20H13F4N5O2. The number of carbonyl (C=O) groups excluding carboxylic acids is 1. The van der Waals surface area contributed by atoms with Crippen molar-refractivity contribution in [3.05, 3.63) is 59.3 Å². The lowest BCUT2D eigenvalue weighted by atomic mass is 10.1. The Hall–Kier alpha value is -3.96. The number of carbonyl (C=O) groups is 1. The summed E-state index contributed by atoms with van der Waals surface area (Å²) in [5, 5.41) is 31.1. The molecule has 0 aliphatic rings. The van der Waals surface area contributed by atoms with Crippen LogP contribution in [0.5, 0.6) is 0 Å². The zero-order valence-corrected chi connectivity index (χ0v) is 15.8. The van der Waals surface area contributed by atoms with Crippen molar-refractivity contribution in [1.29, 1.82) is 10.5 Å². The molecule has 0 fully saturated rings. The monoisotopic (exact) mass is 431 g/mol. The van der Waals surface area contributed by atoms with Gasteiger partial charge in [-0.25, -0.2) is 9.37 Å². The third-order valence-corrected chi connectivity index (χ3v) is 4.49. The normalized spacial score (nSPS) is 13.3. The van der Waals surface area contributed by atoms with Gasteiger partial charge in [-0.15, -0.1) is 0 Å². The van der Waals surface area contributed by atoms with Crippen LogP contribution in [0.1, 0.15) is 23.7 Å². The van der Waals surface area contributed by atoms with Gasteiger partial charge in [-0.1, -0.05) is 0 Å². The molecule has 2 heterocycles. The fourth-order valence-electron chi connectivity index (χ4n) is 3.00. The van der Waals surface area contributed by atoms with Crippen LogP contribution < -0.4 is 5.32 Å². The number of nitrogens with zero attached hydrogens (tertiary/aromatic N) is 4. The lowest BCUT2D eigenvalue weighted by molar-refractivity contribution is -0.138. The van der Waals surface area contributed by atoms with Gasteiger partial charge < -0.3 is 15.0 Å². The molecule has 3 aromatic rings. The van der Waals surface area contributed by atoms with Gasteiger partial charge in [0, 0.05) is 17.1 Å². The highest BCUT2D eigenvalue weighted by molar-refractivity contribution is 5.97. The quantitative estimate of drug-likeness (QED) is 0.615. The predicted molar refractivity (Wildman–Crippen MR) is 99.8 cm³/mol. The van der Waals surface area contributed by atoms with Crippen LogP contribution in [0.3, 0.4) is 0 Å². The maximum atomic E-state index is 13.5. The van der Waals surface area contributed by atoms with Crippen molar-refractivity contribution in [1.82, 2.24) is 9.55 Å². The van der Waals surface area contributed by atoms with Crippen molar-refractivity contribution in [3.63, 3.8) is 0 Å². The van der Waals surface area contributed by atoms with Gasteiger partial charge in [-0.3, -0.25) is 4.79 Å². The van der Waals surface area contributed by atoms with E-state index in [0.29, 0.717) is 11.6 Å². The Labute approximate surface area is 172 Å². The first-order chi connectivity index (χ1) is 14.5. The van der Waals surface area contributed by atoms with E-state index in [9.17, 15) is 32.7 Å². The van der Waals surface area contributed by atoms with E-state index < -0.39 is 34.8 Å². The highest BCUT2D eigenvalue weighted by Crippen LogP contribution is 2.33. The average molecular weight is 431 g/mol. The third-order valence-electron chi connectivity index (χ3n) is 4.49. The first kappa shape index (κ1) is 21.7. The number of benzene rings is 1. The predicted octanol–water partition coefficient (Wildman–Crippen LogP) is 3.33. The summed E-state index contributed by atoms with van der Waals surface area (Å²) in [5.41, 5.74) is -4.17. The van der Waals surface area contributed by atoms with E-state index in [-0.39, 0.29) is 23.2 Å². The second-order valence-electron chi connectivity index (χ2n) is 6.90. The van der Waals surface area contributed by atoms with Crippen molar-refractivity contribution in [2.75, 3.05) is 5.32 Å². The van der Waals surface area contributed by atoms with Gasteiger partial charge in [0.05, 0.1) is 29.6 Å². The topological polar surface area (TPSA) is 115 Å². The van der Waals surface area contributed by atoms with Gasteiger partial charge in [0.25, 0.3) is 5.91 Å². The van der Waals surface area contributed by atoms with Crippen molar-refractivity contribution in [2.24, 2.45) is 0 Å². The zero-order valence-electron chi connectivity index (χ0n) is 15.8. The molecule has 2 N–H and O–H groups in total. The number of amides is 1. The van der Waals surface area contributed by atoms with Crippen LogP contribution in [-0.2, 0) is 17.5 Å². The Balaban J connectivity index is 1.89. The largest absolute Gasteiger partial charge is 0.419 e. The molecule has 3 rings (SSSR count). The van der Waals surface area contributed by atoms with Gasteiger partial charge in [-0.2, -0.15) is 23.7 Å². The van der Waals surface area contributed by atoms with E-state index >= 15 is 0 Å². The van der Waals surface area contributed by atoms with Crippen LogP contribution in [0.15, 0.2) is 36.7 Å². The van der Waals surface area contributed by atoms with E-state index in [1.807, 2.05) is 6.07 Å². The lowest BCUT2D eigenvalue weighted by Crippen LogP contribution is -2.43. The summed E-state index contributed by atoms with van der Waals surface area (Å²) in [4.78, 5) is 15.9. The van der Waals surface area contributed by atoms with Gasteiger partial charge in [0.1, 0.15) is 18.0 Å². The summed E-state index contributed by atoms with van der Waals surface area (Å²) in [6, 6.07) is 7.42. The molecule has 7 nitrogen and oxygen atoms in total. The first-order valence-corrected chi connectivity index (χ1v) is 8.66. The standard InChI is InChI=1S/C20H13F4N5O2/c1-19(31,10-29-9-11(6-25)14-4-12(21)2-3-17(14)29)18(30)28-13-5-15(20(22,23)24)16(7-26)27-8-13/h2-5,8-9,31H,10H2,1H3,(H,28,30)/t19-/m0/s1. The summed E-state index contributed by atoms with van der Waals surface area (Å²) < 4.78 is 54.1. The number of fused-ring (bicyclic) bond motifs is 1. The number of nitriles is 2. The number of alkyl halides is 3. The maximum Gasteiger partial charge on any atom is 0.419 e. The number of anilines is 1. The molecule has 11 heteroatoms. The SMILES string of the molecule is C[C@](O)(Cn1cc(C#N)c2cc(F)ccc21)C(=O)Nc1cnc(C#N)c(C(F)(F)F)c1. The fourth-order valence-corrected chi connectivity index (χ4v) is 3.00. The Morgan fingerprint density at radius 3 is 2.58 bits per heavy atom. The molecule has 0 radical (unpaired) electrons. The molecule has 0 unspecified atom stereocenters. The first-order valence-electron chi connectivity index (χ1n) is 8.66. The van der Waals surface area contributed by atoms with Crippen LogP contribution in [0.2, 0.25) is 0 Å². The highest BCUT2D eigenvalue weighted by atomic mass is 19.4. The molecule has 0 saturated heterocycles. The number of rotatable bonds is 4. The zero-order chi connectivity index (χ0) is 23.0. The molecule has 0 spiro atoms. The van der Waals surface area contributed by atoms with Crippen LogP contribution >= 0.6 is 0 Å². The van der Waals surface area contributed by atoms with Crippen molar-refractivity contribution < 1.29 is 27.5 Å². The minimum atomic E-state index is -4.87. The summed E-state index contributed by atoms with van der Waals surface area (Å²) in [5.74, 6) is -1.62. The number of hydrogen-bond donors (Lipinski definition) is 2. The van der Waals surface area contributed by atoms with Gasteiger partial charge in [-0.05, 0) is 31.2 Å². The van der Waals surface area contributed by atoms with E-state index in [4.69, 9.17) is 5.26 Å². The van der Waals surface area contributed by atoms with Crippen LogP contribution in [0.25, 0.3) is 10.9 Å². The van der Waals surface area contributed by atoms with Crippen molar-refractivity contribution >= 4 is 22.5 Å². The molecule has 31 heavy (non-hydrogen) atoms. The van der Waals surface area contributed by atoms with Gasteiger partial charge in [0.2, 0.25) is 0 Å². The maximum absolute atomic E-state index is 13.5. The molecule has 0 bridgehead atoms. The second-order valence-corrected chi connectivity index (χ2v) is 6.90. The van der Waals surface area contributed by atoms with E-state index in [2.05, 4.69) is 10.3 Å². The molecule has 1 amide bonds. The molecular weight excluding hydrogens is 418 g/mol. The van der Waals surface area contributed by atoms with Crippen LogP contribution in [-0.4, -0.2) is 26.2 Å². The molecule has 0 saturated carbocycles. The molecule has 0 aliphatic heterocycles. The Kier molecular flexibility index (Phi) is 5.40. The summed E-state index contributed by atoms with van der Waals surface area (Å²) in [7, 11) is 0. The Morgan fingerprint density at radius 2 is 1.97 bits per heavy atom. The molecule has 158 valence electrons. The second kappa shape index (κ2) is 7.70. The van der Waals surface area contributed by atoms with E-state index in [1.165, 1.54) is 22.9 Å². The molecule has 1 atom stereocenters.